The molecule has 3 aliphatic heterocycles. The Morgan fingerprint density at radius 2 is 1.43 bits per heavy atom. The van der Waals surface area contributed by atoms with Crippen molar-refractivity contribution in [1.82, 2.24) is 0 Å². The Balaban J connectivity index is 0.000000572. The molecular formula is C24H50O11. The largest absolute Gasteiger partial charge is 0.394 e. The van der Waals surface area contributed by atoms with Crippen LogP contribution in [0.15, 0.2) is 0 Å². The van der Waals surface area contributed by atoms with E-state index in [2.05, 4.69) is 13.8 Å². The maximum absolute atomic E-state index is 9.82. The van der Waals surface area contributed by atoms with Crippen LogP contribution in [0.2, 0.25) is 0 Å². The van der Waals surface area contributed by atoms with Crippen LogP contribution in [0, 0.1) is 0 Å². The van der Waals surface area contributed by atoms with E-state index in [0.29, 0.717) is 0 Å². The average molecular weight is 515 g/mol. The first kappa shape index (κ1) is 34.6. The van der Waals surface area contributed by atoms with Gasteiger partial charge in [-0.3, -0.25) is 0 Å². The maximum atomic E-state index is 9.82. The number of ether oxygens (including phenoxy) is 6. The molecule has 0 amide bonds. The Morgan fingerprint density at radius 1 is 0.886 bits per heavy atom. The van der Waals surface area contributed by atoms with E-state index in [-0.39, 0.29) is 11.7 Å². The third-order valence-corrected chi connectivity index (χ3v) is 5.35. The third-order valence-electron chi connectivity index (χ3n) is 5.35. The molecule has 9 atom stereocenters. The van der Waals surface area contributed by atoms with Crippen LogP contribution < -0.4 is 0 Å². The van der Waals surface area contributed by atoms with E-state index in [4.69, 9.17) is 33.5 Å². The van der Waals surface area contributed by atoms with Gasteiger partial charge in [-0.1, -0.05) is 41.0 Å². The summed E-state index contributed by atoms with van der Waals surface area (Å²) in [6.07, 6.45) is -6.23. The van der Waals surface area contributed by atoms with Gasteiger partial charge in [-0.05, 0) is 34.1 Å². The van der Waals surface area contributed by atoms with Crippen LogP contribution in [0.25, 0.3) is 0 Å². The topological polar surface area (TPSA) is 157 Å². The lowest BCUT2D eigenvalue weighted by Gasteiger charge is -2.38. The van der Waals surface area contributed by atoms with Crippen LogP contribution in [0.3, 0.4) is 0 Å². The number of hydrogen-bond donors (Lipinski definition) is 5. The second-order valence-electron chi connectivity index (χ2n) is 9.33. The number of rotatable bonds is 5. The molecule has 0 spiro atoms. The fourth-order valence-corrected chi connectivity index (χ4v) is 3.30. The Morgan fingerprint density at radius 3 is 1.89 bits per heavy atom. The maximum Gasteiger partial charge on any atom is 0.193 e. The summed E-state index contributed by atoms with van der Waals surface area (Å²) in [5, 5.41) is 46.4. The minimum Gasteiger partial charge on any atom is -0.394 e. The summed E-state index contributed by atoms with van der Waals surface area (Å²) in [6, 6.07) is 0. The predicted molar refractivity (Wildman–Crippen MR) is 128 cm³/mol. The van der Waals surface area contributed by atoms with E-state index in [9.17, 15) is 20.4 Å². The molecule has 0 aliphatic carbocycles. The summed E-state index contributed by atoms with van der Waals surface area (Å²) in [4.78, 5) is 0. The highest BCUT2D eigenvalue weighted by Gasteiger charge is 2.56. The fraction of sp³-hybridized carbons (Fsp3) is 1.00. The molecule has 35 heavy (non-hydrogen) atoms. The van der Waals surface area contributed by atoms with Crippen molar-refractivity contribution in [2.45, 2.75) is 142 Å². The highest BCUT2D eigenvalue weighted by molar-refractivity contribution is 4.92. The first-order chi connectivity index (χ1) is 16.3. The molecule has 11 heteroatoms. The molecular weight excluding hydrogens is 464 g/mol. The lowest BCUT2D eigenvalue weighted by atomic mass is 9.99. The van der Waals surface area contributed by atoms with Crippen molar-refractivity contribution in [2.75, 3.05) is 13.7 Å². The average Bonchev–Trinajstić information content (AvgIpc) is 3.25. The van der Waals surface area contributed by atoms with Crippen LogP contribution in [0.5, 0.6) is 0 Å². The summed E-state index contributed by atoms with van der Waals surface area (Å²) in [6.45, 7) is 17.5. The molecule has 0 aromatic rings. The number of methoxy groups -OCH3 is 1. The van der Waals surface area contributed by atoms with Crippen LogP contribution in [-0.4, -0.2) is 106 Å². The van der Waals surface area contributed by atoms with E-state index < -0.39 is 61.8 Å². The van der Waals surface area contributed by atoms with Crippen molar-refractivity contribution in [2.24, 2.45) is 0 Å². The zero-order valence-corrected chi connectivity index (χ0v) is 23.0. The van der Waals surface area contributed by atoms with Crippen molar-refractivity contribution < 1.29 is 54.0 Å². The van der Waals surface area contributed by atoms with Crippen molar-refractivity contribution in [3.63, 3.8) is 0 Å². The first-order valence-corrected chi connectivity index (χ1v) is 12.5. The fourth-order valence-electron chi connectivity index (χ4n) is 3.30. The van der Waals surface area contributed by atoms with Crippen LogP contribution >= 0.6 is 0 Å². The Hall–Kier alpha value is -0.440. The molecule has 3 heterocycles. The third kappa shape index (κ3) is 10.1. The molecule has 0 aromatic carbocycles. The van der Waals surface area contributed by atoms with Crippen LogP contribution in [0.1, 0.15) is 75.2 Å². The summed E-state index contributed by atoms with van der Waals surface area (Å²) in [7, 11) is 1.30. The van der Waals surface area contributed by atoms with Crippen molar-refractivity contribution in [1.29, 1.82) is 0 Å². The van der Waals surface area contributed by atoms with E-state index in [1.54, 1.807) is 0 Å². The lowest BCUT2D eigenvalue weighted by Crippen LogP contribution is -2.58. The van der Waals surface area contributed by atoms with E-state index in [0.717, 1.165) is 6.42 Å². The van der Waals surface area contributed by atoms with Gasteiger partial charge < -0.3 is 54.0 Å². The minimum absolute atomic E-state index is 0.319. The Labute approximate surface area is 210 Å². The molecule has 11 nitrogen and oxygen atoms in total. The van der Waals surface area contributed by atoms with Crippen molar-refractivity contribution in [3.8, 4) is 0 Å². The van der Waals surface area contributed by atoms with Gasteiger partial charge in [0.1, 0.15) is 36.6 Å². The summed E-state index contributed by atoms with van der Waals surface area (Å²) >= 11 is 0. The molecule has 5 N–H and O–H groups in total. The highest BCUT2D eigenvalue weighted by atomic mass is 16.9. The van der Waals surface area contributed by atoms with Gasteiger partial charge in [0.2, 0.25) is 0 Å². The molecule has 3 aliphatic rings. The van der Waals surface area contributed by atoms with Gasteiger partial charge in [-0.15, -0.1) is 0 Å². The summed E-state index contributed by atoms with van der Waals surface area (Å²) in [5.41, 5.74) is -0.319. The molecule has 0 bridgehead atoms. The highest BCUT2D eigenvalue weighted by Crippen LogP contribution is 2.39. The molecule has 0 radical (unpaired) electrons. The molecule has 212 valence electrons. The molecule has 0 aromatic heterocycles. The summed E-state index contributed by atoms with van der Waals surface area (Å²) < 4.78 is 32.1. The van der Waals surface area contributed by atoms with Gasteiger partial charge >= 0.3 is 0 Å². The van der Waals surface area contributed by atoms with Gasteiger partial charge in [0.05, 0.1) is 12.2 Å². The van der Waals surface area contributed by atoms with Gasteiger partial charge in [-0.25, -0.2) is 0 Å². The SMILES string of the molecule is CC.CCC.CCC(C)(C)OC1C(O)OC2OC(C)(C)OC21.COC1OC(CO)C(O)C(O)C1O. The van der Waals surface area contributed by atoms with Gasteiger partial charge in [-0.2, -0.15) is 0 Å². The van der Waals surface area contributed by atoms with E-state index in [1.807, 2.05) is 48.5 Å². The molecule has 9 unspecified atom stereocenters. The Bertz CT molecular complexity index is 540. The monoisotopic (exact) mass is 514 g/mol. The van der Waals surface area contributed by atoms with Gasteiger partial charge in [0.15, 0.2) is 24.7 Å². The number of aliphatic hydroxyl groups excluding tert-OH is 5. The predicted octanol–water partition coefficient (Wildman–Crippen LogP) is 1.26. The molecule has 0 saturated carbocycles. The van der Waals surface area contributed by atoms with Gasteiger partial charge in [0.25, 0.3) is 0 Å². The second kappa shape index (κ2) is 15.7. The summed E-state index contributed by atoms with van der Waals surface area (Å²) in [5.74, 6) is -0.687. The van der Waals surface area contributed by atoms with Crippen LogP contribution in [-0.2, 0) is 28.4 Å². The van der Waals surface area contributed by atoms with Crippen molar-refractivity contribution >= 4 is 0 Å². The minimum atomic E-state index is -1.36. The van der Waals surface area contributed by atoms with E-state index in [1.165, 1.54) is 13.5 Å². The number of aliphatic hydroxyl groups is 5. The standard InChI is InChI=1S/C12H22O5.C7H14O6.C3H8.C2H6/c1-6-11(2,3)15-7-8-10(14-9(7)13)17-12(4,5)16-8;1-12-7-6(11)5(10)4(9)3(2-8)13-7;1-3-2;1-2/h7-10,13H,6H2,1-5H3;3-11H,2H2,1H3;3H2,1-2H3;1-2H3. The zero-order chi connectivity index (χ0) is 27.6. The number of hydrogen-bond acceptors (Lipinski definition) is 11. The molecule has 3 saturated heterocycles. The molecule has 3 rings (SSSR count). The van der Waals surface area contributed by atoms with Crippen LogP contribution in [0.4, 0.5) is 0 Å². The molecule has 3 fully saturated rings. The van der Waals surface area contributed by atoms with Crippen molar-refractivity contribution in [3.05, 3.63) is 0 Å². The lowest BCUT2D eigenvalue weighted by molar-refractivity contribution is -0.294. The first-order valence-electron chi connectivity index (χ1n) is 12.5. The normalized spacial score (nSPS) is 37.6. The second-order valence-corrected chi connectivity index (χ2v) is 9.33. The smallest absolute Gasteiger partial charge is 0.193 e. The quantitative estimate of drug-likeness (QED) is 0.360. The van der Waals surface area contributed by atoms with Gasteiger partial charge in [0, 0.05) is 7.11 Å². The Kier molecular flexibility index (Phi) is 15.5. The van der Waals surface area contributed by atoms with E-state index >= 15 is 0 Å². The zero-order valence-electron chi connectivity index (χ0n) is 23.0. The number of fused-ring (bicyclic) bond motifs is 1.